The third kappa shape index (κ3) is 3.28. The highest BCUT2D eigenvalue weighted by molar-refractivity contribution is 14.1. The normalized spacial score (nSPS) is 12.7. The molecule has 1 aromatic carbocycles. The van der Waals surface area contributed by atoms with Crippen molar-refractivity contribution in [3.8, 4) is 0 Å². The second-order valence-corrected chi connectivity index (χ2v) is 4.66. The van der Waals surface area contributed by atoms with Crippen molar-refractivity contribution in [3.63, 3.8) is 0 Å². The lowest BCUT2D eigenvalue weighted by Gasteiger charge is -2.15. The standard InChI is InChI=1S/C9H2ClF6IO/c10-7(18)4-1-3(8(11,12)13)2-5(17)6(4)9(14,15)16/h1-2H. The summed E-state index contributed by atoms with van der Waals surface area (Å²) in [6.07, 6.45) is -9.81. The predicted molar refractivity (Wildman–Crippen MR) is 59.3 cm³/mol. The lowest BCUT2D eigenvalue weighted by atomic mass is 10.0. The SMILES string of the molecule is O=C(Cl)c1cc(C(F)(F)F)cc(I)c1C(F)(F)F. The van der Waals surface area contributed by atoms with Crippen LogP contribution in [0.15, 0.2) is 12.1 Å². The van der Waals surface area contributed by atoms with Crippen LogP contribution in [0.1, 0.15) is 21.5 Å². The third-order valence-corrected chi connectivity index (χ3v) is 2.97. The van der Waals surface area contributed by atoms with E-state index in [9.17, 15) is 31.1 Å². The Morgan fingerprint density at radius 3 is 1.89 bits per heavy atom. The van der Waals surface area contributed by atoms with Crippen LogP contribution in [0.4, 0.5) is 26.3 Å². The molecule has 0 spiro atoms. The number of halogens is 8. The molecule has 0 atom stereocenters. The van der Waals surface area contributed by atoms with Gasteiger partial charge < -0.3 is 0 Å². The fourth-order valence-corrected chi connectivity index (χ4v) is 2.29. The van der Waals surface area contributed by atoms with Gasteiger partial charge in [0.15, 0.2) is 0 Å². The van der Waals surface area contributed by atoms with Gasteiger partial charge in [-0.05, 0) is 46.3 Å². The van der Waals surface area contributed by atoms with Crippen molar-refractivity contribution < 1.29 is 31.1 Å². The van der Waals surface area contributed by atoms with Gasteiger partial charge in [-0.2, -0.15) is 26.3 Å². The average molecular weight is 402 g/mol. The Hall–Kier alpha value is -0.510. The minimum absolute atomic E-state index is 0.0975. The molecule has 0 aromatic heterocycles. The Balaban J connectivity index is 3.62. The minimum Gasteiger partial charge on any atom is -0.276 e. The lowest BCUT2D eigenvalue weighted by molar-refractivity contribution is -0.142. The molecule has 0 heterocycles. The summed E-state index contributed by atoms with van der Waals surface area (Å²) in [6.45, 7) is 0. The maximum Gasteiger partial charge on any atom is 0.418 e. The highest BCUT2D eigenvalue weighted by Gasteiger charge is 2.40. The van der Waals surface area contributed by atoms with Crippen LogP contribution in [0.3, 0.4) is 0 Å². The number of benzene rings is 1. The van der Waals surface area contributed by atoms with Gasteiger partial charge in [-0.15, -0.1) is 0 Å². The van der Waals surface area contributed by atoms with Crippen LogP contribution in [0, 0.1) is 3.57 Å². The largest absolute Gasteiger partial charge is 0.418 e. The Labute approximate surface area is 115 Å². The topological polar surface area (TPSA) is 17.1 Å². The maximum absolute atomic E-state index is 12.6. The molecule has 0 fully saturated rings. The van der Waals surface area contributed by atoms with E-state index in [0.29, 0.717) is 6.07 Å². The number of hydrogen-bond acceptors (Lipinski definition) is 1. The average Bonchev–Trinajstić information content (AvgIpc) is 2.12. The number of carbonyl (C=O) groups excluding carboxylic acids is 1. The molecule has 1 aromatic rings. The van der Waals surface area contributed by atoms with Gasteiger partial charge >= 0.3 is 12.4 Å². The molecule has 1 nitrogen and oxygen atoms in total. The summed E-state index contributed by atoms with van der Waals surface area (Å²) in [5.74, 6) is 0. The smallest absolute Gasteiger partial charge is 0.276 e. The number of rotatable bonds is 1. The van der Waals surface area contributed by atoms with Crippen LogP contribution < -0.4 is 0 Å². The molecule has 0 aliphatic rings. The Morgan fingerprint density at radius 1 is 1.06 bits per heavy atom. The second kappa shape index (κ2) is 4.87. The predicted octanol–water partition coefficient (Wildman–Crippen LogP) is 4.71. The molecule has 0 amide bonds. The third-order valence-electron chi connectivity index (χ3n) is 1.91. The minimum atomic E-state index is -4.96. The molecule has 0 N–H and O–H groups in total. The van der Waals surface area contributed by atoms with Crippen LogP contribution in [0.25, 0.3) is 0 Å². The van der Waals surface area contributed by atoms with Crippen molar-refractivity contribution >= 4 is 39.4 Å². The summed E-state index contributed by atoms with van der Waals surface area (Å²) < 4.78 is 74.3. The van der Waals surface area contributed by atoms with E-state index in [4.69, 9.17) is 11.6 Å². The zero-order chi connectivity index (χ0) is 14.3. The highest BCUT2D eigenvalue weighted by Crippen LogP contribution is 2.40. The molecule has 1 rings (SSSR count). The van der Waals surface area contributed by atoms with Crippen molar-refractivity contribution in [2.45, 2.75) is 12.4 Å². The second-order valence-electron chi connectivity index (χ2n) is 3.15. The van der Waals surface area contributed by atoms with Crippen molar-refractivity contribution in [2.75, 3.05) is 0 Å². The van der Waals surface area contributed by atoms with Gasteiger partial charge in [0, 0.05) is 9.13 Å². The number of alkyl halides is 6. The lowest BCUT2D eigenvalue weighted by Crippen LogP contribution is -2.16. The van der Waals surface area contributed by atoms with Gasteiger partial charge in [0.2, 0.25) is 0 Å². The first-order valence-electron chi connectivity index (χ1n) is 4.12. The number of carbonyl (C=O) groups is 1. The van der Waals surface area contributed by atoms with Gasteiger partial charge in [0.1, 0.15) is 0 Å². The molecular formula is C9H2ClF6IO. The Kier molecular flexibility index (Phi) is 4.21. The van der Waals surface area contributed by atoms with Crippen molar-refractivity contribution in [3.05, 3.63) is 32.4 Å². The summed E-state index contributed by atoms with van der Waals surface area (Å²) in [6, 6.07) is 0.410. The molecule has 18 heavy (non-hydrogen) atoms. The van der Waals surface area contributed by atoms with E-state index in [0.717, 1.165) is 22.6 Å². The van der Waals surface area contributed by atoms with Crippen LogP contribution in [0.2, 0.25) is 0 Å². The van der Waals surface area contributed by atoms with Gasteiger partial charge in [-0.25, -0.2) is 0 Å². The molecule has 0 bridgehead atoms. The molecule has 0 saturated carbocycles. The van der Waals surface area contributed by atoms with Crippen molar-refractivity contribution in [1.82, 2.24) is 0 Å². The quantitative estimate of drug-likeness (QED) is 0.378. The van der Waals surface area contributed by atoms with Crippen LogP contribution in [0.5, 0.6) is 0 Å². The van der Waals surface area contributed by atoms with E-state index >= 15 is 0 Å². The fourth-order valence-electron chi connectivity index (χ4n) is 1.21. The molecule has 0 saturated heterocycles. The molecular weight excluding hydrogens is 400 g/mol. The first-order chi connectivity index (χ1) is 7.94. The summed E-state index contributed by atoms with van der Waals surface area (Å²) in [5.41, 5.74) is -4.02. The molecule has 9 heteroatoms. The number of hydrogen-bond donors (Lipinski definition) is 0. The summed E-state index contributed by atoms with van der Waals surface area (Å²) in [5, 5.41) is -1.59. The first kappa shape index (κ1) is 15.5. The summed E-state index contributed by atoms with van der Waals surface area (Å²) in [7, 11) is 0. The van der Waals surface area contributed by atoms with Gasteiger partial charge in [0.05, 0.1) is 11.1 Å². The zero-order valence-corrected chi connectivity index (χ0v) is 11.0. The molecule has 0 unspecified atom stereocenters. The Morgan fingerprint density at radius 2 is 1.56 bits per heavy atom. The van der Waals surface area contributed by atoms with E-state index in [-0.39, 0.29) is 6.07 Å². The van der Waals surface area contributed by atoms with Crippen LogP contribution in [-0.2, 0) is 12.4 Å². The zero-order valence-electron chi connectivity index (χ0n) is 8.09. The molecule has 0 aliphatic carbocycles. The Bertz CT molecular complexity index is 493. The van der Waals surface area contributed by atoms with E-state index in [1.54, 1.807) is 0 Å². The van der Waals surface area contributed by atoms with Gasteiger partial charge in [0.25, 0.3) is 5.24 Å². The monoisotopic (exact) mass is 402 g/mol. The van der Waals surface area contributed by atoms with Crippen LogP contribution >= 0.6 is 34.2 Å². The summed E-state index contributed by atoms with van der Waals surface area (Å²) >= 11 is 5.98. The van der Waals surface area contributed by atoms with Crippen molar-refractivity contribution in [1.29, 1.82) is 0 Å². The van der Waals surface area contributed by atoms with Gasteiger partial charge in [-0.1, -0.05) is 0 Å². The van der Waals surface area contributed by atoms with E-state index in [1.165, 1.54) is 0 Å². The highest BCUT2D eigenvalue weighted by atomic mass is 127. The first-order valence-corrected chi connectivity index (χ1v) is 5.58. The fraction of sp³-hybridized carbons (Fsp3) is 0.222. The molecule has 0 radical (unpaired) electrons. The van der Waals surface area contributed by atoms with Crippen molar-refractivity contribution in [2.24, 2.45) is 0 Å². The van der Waals surface area contributed by atoms with E-state index in [1.807, 2.05) is 0 Å². The summed E-state index contributed by atoms with van der Waals surface area (Å²) in [4.78, 5) is 10.8. The molecule has 0 aliphatic heterocycles. The van der Waals surface area contributed by atoms with E-state index in [2.05, 4.69) is 0 Å². The van der Waals surface area contributed by atoms with E-state index < -0.39 is 37.9 Å². The van der Waals surface area contributed by atoms with Gasteiger partial charge in [-0.3, -0.25) is 4.79 Å². The maximum atomic E-state index is 12.6. The molecule has 100 valence electrons. The van der Waals surface area contributed by atoms with Crippen LogP contribution in [-0.4, -0.2) is 5.24 Å².